The maximum atomic E-state index is 9.32. The quantitative estimate of drug-likeness (QED) is 0.669. The van der Waals surface area contributed by atoms with Gasteiger partial charge >= 0.3 is 0 Å². The van der Waals surface area contributed by atoms with Crippen LogP contribution in [-0.4, -0.2) is 15.2 Å². The molecule has 0 atom stereocenters. The average molecular weight is 225 g/mol. The van der Waals surface area contributed by atoms with Crippen molar-refractivity contribution in [1.29, 1.82) is 0 Å². The summed E-state index contributed by atoms with van der Waals surface area (Å²) < 4.78 is 0. The molecular formula is C9H7CuNO2. The zero-order chi connectivity index (χ0) is 8.55. The van der Waals surface area contributed by atoms with E-state index in [0.717, 1.165) is 5.39 Å². The van der Waals surface area contributed by atoms with E-state index in [9.17, 15) is 5.11 Å². The van der Waals surface area contributed by atoms with Crippen molar-refractivity contribution in [2.75, 3.05) is 0 Å². The van der Waals surface area contributed by atoms with Crippen LogP contribution in [0.25, 0.3) is 10.9 Å². The first-order valence-electron chi connectivity index (χ1n) is 3.55. The molecule has 0 unspecified atom stereocenters. The molecule has 2 rings (SSSR count). The van der Waals surface area contributed by atoms with Crippen molar-refractivity contribution < 1.29 is 27.3 Å². The van der Waals surface area contributed by atoms with Crippen LogP contribution in [0, 0.1) is 0 Å². The van der Waals surface area contributed by atoms with E-state index in [2.05, 4.69) is 4.98 Å². The predicted octanol–water partition coefficient (Wildman–Crippen LogP) is 1.64. The number of rotatable bonds is 0. The number of pyridine rings is 1. The Balaban J connectivity index is 0.000000845. The number of nitrogens with zero attached hydrogens (tertiary/aromatic N) is 1. The summed E-state index contributed by atoms with van der Waals surface area (Å²) in [6.07, 6.45) is 0. The van der Waals surface area contributed by atoms with Gasteiger partial charge in [-0.05, 0) is 12.1 Å². The van der Waals surface area contributed by atoms with Crippen LogP contribution in [0.5, 0.6) is 11.6 Å². The normalized spacial score (nSPS) is 9.54. The molecule has 0 amide bonds. The van der Waals surface area contributed by atoms with Crippen molar-refractivity contribution in [1.82, 2.24) is 4.98 Å². The molecule has 0 saturated heterocycles. The fourth-order valence-electron chi connectivity index (χ4n) is 1.12. The Morgan fingerprint density at radius 2 is 1.77 bits per heavy atom. The van der Waals surface area contributed by atoms with Gasteiger partial charge in [-0.15, -0.1) is 0 Å². The standard InChI is InChI=1S/C9H7NO2.Cu/c11-7-3-1-2-6-4-5-8(12)10-9(6)7;/h1-5,11H,(H,10,12);. The number of aromatic nitrogens is 1. The van der Waals surface area contributed by atoms with Crippen molar-refractivity contribution >= 4 is 10.9 Å². The Labute approximate surface area is 85.5 Å². The molecule has 0 aliphatic heterocycles. The van der Waals surface area contributed by atoms with E-state index >= 15 is 0 Å². The second-order valence-electron chi connectivity index (χ2n) is 2.52. The van der Waals surface area contributed by atoms with Gasteiger partial charge in [0.2, 0.25) is 5.88 Å². The van der Waals surface area contributed by atoms with Crippen LogP contribution < -0.4 is 0 Å². The van der Waals surface area contributed by atoms with Crippen LogP contribution in [0.4, 0.5) is 0 Å². The van der Waals surface area contributed by atoms with Gasteiger partial charge in [-0.2, -0.15) is 0 Å². The summed E-state index contributed by atoms with van der Waals surface area (Å²) in [4.78, 5) is 3.78. The molecule has 1 aromatic heterocycles. The molecule has 13 heavy (non-hydrogen) atoms. The molecule has 1 heterocycles. The van der Waals surface area contributed by atoms with Crippen LogP contribution in [0.15, 0.2) is 30.3 Å². The SMILES string of the molecule is Oc1ccc2cccc(O)c2n1.[Cu]. The Kier molecular flexibility index (Phi) is 2.76. The van der Waals surface area contributed by atoms with Gasteiger partial charge < -0.3 is 10.2 Å². The second-order valence-corrected chi connectivity index (χ2v) is 2.52. The summed E-state index contributed by atoms with van der Waals surface area (Å²) in [6.45, 7) is 0. The van der Waals surface area contributed by atoms with E-state index in [1.165, 1.54) is 12.1 Å². The third-order valence-corrected chi connectivity index (χ3v) is 1.68. The summed E-state index contributed by atoms with van der Waals surface area (Å²) in [7, 11) is 0. The van der Waals surface area contributed by atoms with Gasteiger partial charge in [-0.1, -0.05) is 12.1 Å². The minimum atomic E-state index is -0.0796. The van der Waals surface area contributed by atoms with Crippen LogP contribution in [-0.2, 0) is 17.1 Å². The van der Waals surface area contributed by atoms with Crippen molar-refractivity contribution in [2.24, 2.45) is 0 Å². The average Bonchev–Trinajstić information content (AvgIpc) is 2.07. The van der Waals surface area contributed by atoms with Crippen LogP contribution >= 0.6 is 0 Å². The monoisotopic (exact) mass is 224 g/mol. The summed E-state index contributed by atoms with van der Waals surface area (Å²) in [6, 6.07) is 8.28. The Morgan fingerprint density at radius 3 is 2.54 bits per heavy atom. The Hall–Kier alpha value is -1.25. The third kappa shape index (κ3) is 1.74. The molecule has 4 heteroatoms. The molecule has 71 valence electrons. The van der Waals surface area contributed by atoms with Gasteiger partial charge in [0.1, 0.15) is 11.3 Å². The minimum Gasteiger partial charge on any atom is -0.506 e. The van der Waals surface area contributed by atoms with Gasteiger partial charge in [0.15, 0.2) is 0 Å². The number of benzene rings is 1. The number of para-hydroxylation sites is 1. The van der Waals surface area contributed by atoms with E-state index in [1.54, 1.807) is 12.1 Å². The number of phenols is 1. The molecule has 1 aromatic carbocycles. The number of hydrogen-bond donors (Lipinski definition) is 2. The van der Waals surface area contributed by atoms with Crippen molar-refractivity contribution in [3.8, 4) is 11.6 Å². The van der Waals surface area contributed by atoms with Crippen molar-refractivity contribution in [3.05, 3.63) is 30.3 Å². The topological polar surface area (TPSA) is 53.4 Å². The van der Waals surface area contributed by atoms with Crippen LogP contribution in [0.1, 0.15) is 0 Å². The largest absolute Gasteiger partial charge is 0.506 e. The first-order chi connectivity index (χ1) is 5.77. The van der Waals surface area contributed by atoms with Gasteiger partial charge in [0.05, 0.1) is 0 Å². The molecule has 0 spiro atoms. The first-order valence-corrected chi connectivity index (χ1v) is 3.55. The Morgan fingerprint density at radius 1 is 1.00 bits per heavy atom. The van der Waals surface area contributed by atoms with Gasteiger partial charge in [0, 0.05) is 28.5 Å². The minimum absolute atomic E-state index is 0. The zero-order valence-electron chi connectivity index (χ0n) is 6.53. The van der Waals surface area contributed by atoms with Crippen LogP contribution in [0.3, 0.4) is 0 Å². The summed E-state index contributed by atoms with van der Waals surface area (Å²) in [5.41, 5.74) is 0.428. The molecule has 2 N–H and O–H groups in total. The number of aromatic hydroxyl groups is 2. The fourth-order valence-corrected chi connectivity index (χ4v) is 1.12. The van der Waals surface area contributed by atoms with E-state index in [-0.39, 0.29) is 28.7 Å². The van der Waals surface area contributed by atoms with Gasteiger partial charge in [0.25, 0.3) is 0 Å². The molecule has 2 aromatic rings. The fraction of sp³-hybridized carbons (Fsp3) is 0. The smallest absolute Gasteiger partial charge is 0.211 e. The molecule has 3 nitrogen and oxygen atoms in total. The summed E-state index contributed by atoms with van der Waals surface area (Å²) in [5.74, 6) is 0.00685. The van der Waals surface area contributed by atoms with E-state index in [0.29, 0.717) is 5.52 Å². The summed E-state index contributed by atoms with van der Waals surface area (Å²) >= 11 is 0. The van der Waals surface area contributed by atoms with Gasteiger partial charge in [-0.25, -0.2) is 4.98 Å². The van der Waals surface area contributed by atoms with Gasteiger partial charge in [-0.3, -0.25) is 0 Å². The first kappa shape index (κ1) is 9.83. The molecule has 0 aliphatic rings. The van der Waals surface area contributed by atoms with E-state index < -0.39 is 0 Å². The molecule has 0 fully saturated rings. The molecule has 1 radical (unpaired) electrons. The van der Waals surface area contributed by atoms with Crippen molar-refractivity contribution in [2.45, 2.75) is 0 Å². The molecule has 0 bridgehead atoms. The maximum absolute atomic E-state index is 9.32. The summed E-state index contributed by atoms with van der Waals surface area (Å²) in [5, 5.41) is 19.2. The predicted molar refractivity (Wildman–Crippen MR) is 45.1 cm³/mol. The number of fused-ring (bicyclic) bond motifs is 1. The second kappa shape index (κ2) is 3.64. The molecular weight excluding hydrogens is 218 g/mol. The number of phenolic OH excluding ortho intramolecular Hbond substituents is 1. The van der Waals surface area contributed by atoms with E-state index in [1.807, 2.05) is 6.07 Å². The van der Waals surface area contributed by atoms with E-state index in [4.69, 9.17) is 5.11 Å². The third-order valence-electron chi connectivity index (χ3n) is 1.68. The molecule has 0 saturated carbocycles. The van der Waals surface area contributed by atoms with Crippen LogP contribution in [0.2, 0.25) is 0 Å². The Bertz CT molecular complexity index is 431. The number of hydrogen-bond acceptors (Lipinski definition) is 3. The zero-order valence-corrected chi connectivity index (χ0v) is 7.47. The van der Waals surface area contributed by atoms with Crippen molar-refractivity contribution in [3.63, 3.8) is 0 Å². The molecule has 0 aliphatic carbocycles. The maximum Gasteiger partial charge on any atom is 0.211 e.